The van der Waals surface area contributed by atoms with Crippen LogP contribution in [0.1, 0.15) is 29.7 Å². The zero-order chi connectivity index (χ0) is 17.5. The third-order valence-corrected chi connectivity index (χ3v) is 7.18. The first-order chi connectivity index (χ1) is 12.8. The van der Waals surface area contributed by atoms with Gasteiger partial charge in [0.2, 0.25) is 0 Å². The fraction of sp³-hybridized carbons (Fsp3) is 0.684. The van der Waals surface area contributed by atoms with E-state index in [0.29, 0.717) is 6.04 Å². The quantitative estimate of drug-likeness (QED) is 0.736. The molecule has 2 aromatic heterocycles. The highest BCUT2D eigenvalue weighted by atomic mass is 35.5. The lowest BCUT2D eigenvalue weighted by Crippen LogP contribution is -2.54. The standard InChI is InChI=1S/C19H27N5OS.2ClH/c25-8-4-14-11-24(7-6-23(14)10-13-1-2-13)18-17-15-3-5-20-9-16(15)26-19(17)22-12-21-18;;/h12-14,20,25H,1-11H2;2*1H. The van der Waals surface area contributed by atoms with Crippen molar-refractivity contribution in [3.8, 4) is 0 Å². The molecule has 0 spiro atoms. The molecule has 0 bridgehead atoms. The van der Waals surface area contributed by atoms with E-state index in [9.17, 15) is 5.11 Å². The number of anilines is 1. The normalized spacial score (nSPS) is 22.5. The summed E-state index contributed by atoms with van der Waals surface area (Å²) in [6.07, 6.45) is 6.41. The minimum atomic E-state index is 0. The van der Waals surface area contributed by atoms with Gasteiger partial charge in [0.15, 0.2) is 0 Å². The van der Waals surface area contributed by atoms with Crippen LogP contribution < -0.4 is 10.2 Å². The Hall–Kier alpha value is -0.700. The van der Waals surface area contributed by atoms with Gasteiger partial charge in [-0.15, -0.1) is 36.2 Å². The Morgan fingerprint density at radius 1 is 1.21 bits per heavy atom. The molecule has 28 heavy (non-hydrogen) atoms. The van der Waals surface area contributed by atoms with E-state index in [1.54, 1.807) is 6.33 Å². The van der Waals surface area contributed by atoms with Gasteiger partial charge in [-0.1, -0.05) is 0 Å². The van der Waals surface area contributed by atoms with E-state index < -0.39 is 0 Å². The predicted molar refractivity (Wildman–Crippen MR) is 119 cm³/mol. The van der Waals surface area contributed by atoms with E-state index >= 15 is 0 Å². The minimum Gasteiger partial charge on any atom is -0.396 e. The Labute approximate surface area is 182 Å². The second-order valence-corrected chi connectivity index (χ2v) is 8.94. The molecule has 1 aliphatic carbocycles. The van der Waals surface area contributed by atoms with Crippen LogP contribution in [0.15, 0.2) is 6.33 Å². The van der Waals surface area contributed by atoms with Gasteiger partial charge in [0, 0.05) is 50.2 Å². The van der Waals surface area contributed by atoms with Crippen LogP contribution in [0.3, 0.4) is 0 Å². The lowest BCUT2D eigenvalue weighted by atomic mass is 10.0. The van der Waals surface area contributed by atoms with E-state index in [0.717, 1.165) is 62.1 Å². The number of aliphatic hydroxyl groups excluding tert-OH is 1. The van der Waals surface area contributed by atoms with Crippen molar-refractivity contribution in [1.82, 2.24) is 20.2 Å². The number of aliphatic hydroxyl groups is 1. The Morgan fingerprint density at radius 3 is 2.86 bits per heavy atom. The first kappa shape index (κ1) is 22.0. The lowest BCUT2D eigenvalue weighted by molar-refractivity contribution is 0.137. The summed E-state index contributed by atoms with van der Waals surface area (Å²) in [6.45, 7) is 6.51. The van der Waals surface area contributed by atoms with Crippen molar-refractivity contribution in [2.45, 2.75) is 38.3 Å². The van der Waals surface area contributed by atoms with Gasteiger partial charge in [-0.05, 0) is 43.7 Å². The number of fused-ring (bicyclic) bond motifs is 3. The predicted octanol–water partition coefficient (Wildman–Crippen LogP) is 2.46. The second-order valence-electron chi connectivity index (χ2n) is 7.86. The zero-order valence-corrected chi connectivity index (χ0v) is 18.4. The topological polar surface area (TPSA) is 64.5 Å². The van der Waals surface area contributed by atoms with Crippen LogP contribution in [0.25, 0.3) is 10.2 Å². The molecule has 0 radical (unpaired) electrons. The fourth-order valence-electron chi connectivity index (χ4n) is 4.46. The van der Waals surface area contributed by atoms with Crippen LogP contribution in [0.2, 0.25) is 0 Å². The highest BCUT2D eigenvalue weighted by Gasteiger charge is 2.33. The third-order valence-electron chi connectivity index (χ3n) is 6.04. The number of hydrogen-bond acceptors (Lipinski definition) is 7. The van der Waals surface area contributed by atoms with Crippen molar-refractivity contribution in [3.05, 3.63) is 16.8 Å². The van der Waals surface area contributed by atoms with Crippen LogP contribution in [-0.2, 0) is 13.0 Å². The SMILES string of the molecule is Cl.Cl.OCCC1CN(c2ncnc3sc4c(c23)CCNC4)CCN1CC1CC1. The van der Waals surface area contributed by atoms with Crippen molar-refractivity contribution in [3.63, 3.8) is 0 Å². The Bertz CT molecular complexity index is 800. The van der Waals surface area contributed by atoms with Gasteiger partial charge in [-0.25, -0.2) is 9.97 Å². The molecule has 6 nitrogen and oxygen atoms in total. The average Bonchev–Trinajstić information content (AvgIpc) is 3.40. The van der Waals surface area contributed by atoms with Crippen molar-refractivity contribution in [1.29, 1.82) is 0 Å². The maximum absolute atomic E-state index is 9.56. The maximum Gasteiger partial charge on any atom is 0.141 e. The number of rotatable bonds is 5. The summed E-state index contributed by atoms with van der Waals surface area (Å²) in [5.41, 5.74) is 1.46. The molecule has 1 saturated carbocycles. The first-order valence-corrected chi connectivity index (χ1v) is 10.7. The highest BCUT2D eigenvalue weighted by molar-refractivity contribution is 7.19. The molecule has 2 N–H and O–H groups in total. The number of thiophene rings is 1. The highest BCUT2D eigenvalue weighted by Crippen LogP contribution is 2.38. The average molecular weight is 446 g/mol. The van der Waals surface area contributed by atoms with Crippen molar-refractivity contribution < 1.29 is 5.11 Å². The Kier molecular flexibility index (Phi) is 7.39. The van der Waals surface area contributed by atoms with Gasteiger partial charge in [0.1, 0.15) is 17.0 Å². The molecular formula is C19H29Cl2N5OS. The van der Waals surface area contributed by atoms with Gasteiger partial charge >= 0.3 is 0 Å². The monoisotopic (exact) mass is 445 g/mol. The van der Waals surface area contributed by atoms with Crippen LogP contribution in [0.4, 0.5) is 5.82 Å². The molecule has 2 aliphatic heterocycles. The molecule has 1 atom stereocenters. The molecule has 156 valence electrons. The number of halogens is 2. The second kappa shape index (κ2) is 9.41. The van der Waals surface area contributed by atoms with Gasteiger partial charge in [-0.2, -0.15) is 0 Å². The minimum absolute atomic E-state index is 0. The van der Waals surface area contributed by atoms with E-state index in [4.69, 9.17) is 4.98 Å². The van der Waals surface area contributed by atoms with Gasteiger partial charge in [0.05, 0.1) is 5.39 Å². The van der Waals surface area contributed by atoms with E-state index in [-0.39, 0.29) is 31.4 Å². The molecule has 0 amide bonds. The van der Waals surface area contributed by atoms with Crippen LogP contribution >= 0.6 is 36.2 Å². The number of nitrogens with one attached hydrogen (secondary N) is 1. The molecule has 2 aromatic rings. The van der Waals surface area contributed by atoms with E-state index in [1.165, 1.54) is 35.2 Å². The molecule has 0 aromatic carbocycles. The molecule has 5 rings (SSSR count). The van der Waals surface area contributed by atoms with E-state index in [2.05, 4.69) is 20.1 Å². The van der Waals surface area contributed by atoms with Crippen LogP contribution in [-0.4, -0.2) is 65.3 Å². The largest absolute Gasteiger partial charge is 0.396 e. The van der Waals surface area contributed by atoms with Crippen molar-refractivity contribution >= 4 is 52.2 Å². The molecule has 2 fully saturated rings. The third kappa shape index (κ3) is 4.25. The fourth-order valence-corrected chi connectivity index (χ4v) is 5.61. The van der Waals surface area contributed by atoms with Crippen molar-refractivity contribution in [2.75, 3.05) is 44.2 Å². The summed E-state index contributed by atoms with van der Waals surface area (Å²) >= 11 is 1.82. The number of nitrogens with zero attached hydrogens (tertiary/aromatic N) is 4. The first-order valence-electron chi connectivity index (χ1n) is 9.89. The molecule has 1 unspecified atom stereocenters. The van der Waals surface area contributed by atoms with E-state index in [1.807, 2.05) is 11.3 Å². The molecule has 9 heteroatoms. The summed E-state index contributed by atoms with van der Waals surface area (Å²) in [4.78, 5) is 16.9. The van der Waals surface area contributed by atoms with Gasteiger partial charge in [0.25, 0.3) is 0 Å². The summed E-state index contributed by atoms with van der Waals surface area (Å²) in [5, 5.41) is 14.3. The molecular weight excluding hydrogens is 417 g/mol. The Balaban J connectivity index is 0.00000112. The maximum atomic E-state index is 9.56. The van der Waals surface area contributed by atoms with Crippen LogP contribution in [0, 0.1) is 5.92 Å². The summed E-state index contributed by atoms with van der Waals surface area (Å²) in [7, 11) is 0. The molecule has 1 saturated heterocycles. The van der Waals surface area contributed by atoms with Crippen molar-refractivity contribution in [2.24, 2.45) is 5.92 Å². The Morgan fingerprint density at radius 2 is 2.07 bits per heavy atom. The van der Waals surface area contributed by atoms with Gasteiger partial charge in [-0.3, -0.25) is 4.90 Å². The van der Waals surface area contributed by atoms with Gasteiger partial charge < -0.3 is 15.3 Å². The zero-order valence-electron chi connectivity index (χ0n) is 16.0. The molecule has 4 heterocycles. The summed E-state index contributed by atoms with van der Waals surface area (Å²) in [5.74, 6) is 2.01. The number of aromatic nitrogens is 2. The van der Waals surface area contributed by atoms with Crippen LogP contribution in [0.5, 0.6) is 0 Å². The lowest BCUT2D eigenvalue weighted by Gasteiger charge is -2.42. The number of piperazine rings is 1. The smallest absolute Gasteiger partial charge is 0.141 e. The number of hydrogen-bond donors (Lipinski definition) is 2. The molecule has 3 aliphatic rings. The summed E-state index contributed by atoms with van der Waals surface area (Å²) in [6, 6.07) is 0.426. The summed E-state index contributed by atoms with van der Waals surface area (Å²) < 4.78 is 0.